The van der Waals surface area contributed by atoms with Gasteiger partial charge in [0.15, 0.2) is 5.82 Å². The molecule has 0 atom stereocenters. The normalized spacial score (nSPS) is 11.7. The third-order valence-electron chi connectivity index (χ3n) is 6.25. The first kappa shape index (κ1) is 21.9. The molecule has 0 aliphatic rings. The lowest BCUT2D eigenvalue weighted by atomic mass is 9.85. The largest absolute Gasteiger partial charge is 0.346 e. The van der Waals surface area contributed by atoms with Crippen LogP contribution in [0.2, 0.25) is 0 Å². The summed E-state index contributed by atoms with van der Waals surface area (Å²) in [5, 5.41) is 14.3. The Morgan fingerprint density at radius 3 is 2.47 bits per heavy atom. The highest BCUT2D eigenvalue weighted by Crippen LogP contribution is 2.26. The topological polar surface area (TPSA) is 83.1 Å². The summed E-state index contributed by atoms with van der Waals surface area (Å²) in [7, 11) is 0. The maximum atomic E-state index is 4.60. The van der Waals surface area contributed by atoms with E-state index in [0.29, 0.717) is 5.41 Å². The highest BCUT2D eigenvalue weighted by atomic mass is 15.5. The molecule has 6 nitrogen and oxygen atoms in total. The van der Waals surface area contributed by atoms with E-state index in [1.54, 1.807) is 0 Å². The van der Waals surface area contributed by atoms with Crippen LogP contribution >= 0.6 is 0 Å². The minimum Gasteiger partial charge on any atom is -0.346 e. The van der Waals surface area contributed by atoms with Crippen molar-refractivity contribution in [2.45, 2.75) is 59.3 Å². The Bertz CT molecular complexity index is 1110. The fourth-order valence-corrected chi connectivity index (χ4v) is 3.93. The number of hydrogen-bond donors (Lipinski definition) is 2. The Kier molecular flexibility index (Phi) is 6.78. The van der Waals surface area contributed by atoms with E-state index in [4.69, 9.17) is 0 Å². The Balaban J connectivity index is 1.37. The van der Waals surface area contributed by atoms with Gasteiger partial charge in [-0.1, -0.05) is 80.9 Å². The predicted molar refractivity (Wildman–Crippen MR) is 127 cm³/mol. The SMILES string of the molecule is CCC(C)(C)Cc1cnc(CCc2ccc(-c3ccccc3CCc3nn[nH]n3)cc2)[nH]1. The summed E-state index contributed by atoms with van der Waals surface area (Å²) < 4.78 is 0. The molecule has 4 rings (SSSR count). The highest BCUT2D eigenvalue weighted by molar-refractivity contribution is 5.67. The van der Waals surface area contributed by atoms with E-state index < -0.39 is 0 Å². The van der Waals surface area contributed by atoms with E-state index in [0.717, 1.165) is 50.2 Å². The number of benzene rings is 2. The van der Waals surface area contributed by atoms with Crippen LogP contribution in [0.1, 0.15) is 55.7 Å². The average molecular weight is 429 g/mol. The quantitative estimate of drug-likeness (QED) is 0.366. The van der Waals surface area contributed by atoms with Gasteiger partial charge in [-0.3, -0.25) is 0 Å². The molecule has 0 radical (unpaired) electrons. The summed E-state index contributed by atoms with van der Waals surface area (Å²) in [4.78, 5) is 8.11. The summed E-state index contributed by atoms with van der Waals surface area (Å²) in [5.41, 5.74) is 6.66. The maximum Gasteiger partial charge on any atom is 0.174 e. The van der Waals surface area contributed by atoms with E-state index in [2.05, 4.69) is 99.9 Å². The third kappa shape index (κ3) is 5.69. The smallest absolute Gasteiger partial charge is 0.174 e. The van der Waals surface area contributed by atoms with Gasteiger partial charge < -0.3 is 4.98 Å². The minimum atomic E-state index is 0.307. The van der Waals surface area contributed by atoms with Crippen LogP contribution in [0.5, 0.6) is 0 Å². The first-order valence-electron chi connectivity index (χ1n) is 11.4. The van der Waals surface area contributed by atoms with Crippen molar-refractivity contribution in [3.63, 3.8) is 0 Å². The van der Waals surface area contributed by atoms with Crippen molar-refractivity contribution in [1.29, 1.82) is 0 Å². The molecule has 0 spiro atoms. The molecule has 0 fully saturated rings. The lowest BCUT2D eigenvalue weighted by molar-refractivity contribution is 0.346. The molecule has 166 valence electrons. The monoisotopic (exact) mass is 428 g/mol. The number of H-pyrrole nitrogens is 2. The van der Waals surface area contributed by atoms with Gasteiger partial charge in [-0.15, -0.1) is 10.2 Å². The van der Waals surface area contributed by atoms with E-state index in [9.17, 15) is 0 Å². The molecule has 0 unspecified atom stereocenters. The Morgan fingerprint density at radius 2 is 1.72 bits per heavy atom. The maximum absolute atomic E-state index is 4.60. The lowest BCUT2D eigenvalue weighted by Crippen LogP contribution is -2.13. The van der Waals surface area contributed by atoms with Crippen molar-refractivity contribution in [2.75, 3.05) is 0 Å². The summed E-state index contributed by atoms with van der Waals surface area (Å²) in [6.45, 7) is 6.85. The van der Waals surface area contributed by atoms with Crippen molar-refractivity contribution < 1.29 is 0 Å². The van der Waals surface area contributed by atoms with Gasteiger partial charge in [0.1, 0.15) is 5.82 Å². The predicted octanol–water partition coefficient (Wildman–Crippen LogP) is 5.14. The molecule has 0 bridgehead atoms. The molecule has 2 aromatic carbocycles. The van der Waals surface area contributed by atoms with Gasteiger partial charge in [0.2, 0.25) is 0 Å². The Hall–Kier alpha value is -3.28. The summed E-state index contributed by atoms with van der Waals surface area (Å²) >= 11 is 0. The van der Waals surface area contributed by atoms with Gasteiger partial charge in [-0.2, -0.15) is 5.21 Å². The van der Waals surface area contributed by atoms with Crippen molar-refractivity contribution >= 4 is 0 Å². The molecule has 0 aliphatic heterocycles. The van der Waals surface area contributed by atoms with Crippen molar-refractivity contribution in [3.8, 4) is 11.1 Å². The number of aromatic amines is 2. The third-order valence-corrected chi connectivity index (χ3v) is 6.25. The molecular weight excluding hydrogens is 396 g/mol. The first-order valence-corrected chi connectivity index (χ1v) is 11.4. The zero-order chi connectivity index (χ0) is 22.4. The van der Waals surface area contributed by atoms with Gasteiger partial charge in [0.25, 0.3) is 0 Å². The number of imidazole rings is 1. The second-order valence-electron chi connectivity index (χ2n) is 9.23. The zero-order valence-corrected chi connectivity index (χ0v) is 19.2. The van der Waals surface area contributed by atoms with Crippen LogP contribution in [0.25, 0.3) is 11.1 Å². The van der Waals surface area contributed by atoms with Crippen molar-refractivity contribution in [1.82, 2.24) is 30.6 Å². The van der Waals surface area contributed by atoms with Crippen LogP contribution in [0.15, 0.2) is 54.7 Å². The second-order valence-corrected chi connectivity index (χ2v) is 9.23. The molecule has 0 saturated heterocycles. The molecule has 0 saturated carbocycles. The first-order chi connectivity index (χ1) is 15.5. The molecule has 2 N–H and O–H groups in total. The zero-order valence-electron chi connectivity index (χ0n) is 19.2. The van der Waals surface area contributed by atoms with Crippen LogP contribution in [-0.4, -0.2) is 30.6 Å². The Labute approximate surface area is 189 Å². The molecule has 2 aromatic heterocycles. The van der Waals surface area contributed by atoms with Crippen LogP contribution in [0.4, 0.5) is 0 Å². The standard InChI is InChI=1S/C26H32N6/c1-4-26(2,3)17-22-18-27-24(28-22)15-11-19-9-12-21(13-10-19)23-8-6-5-7-20(23)14-16-25-29-31-32-30-25/h5-10,12-13,18H,4,11,14-17H2,1-3H3,(H,27,28)(H,29,30,31,32). The van der Waals surface area contributed by atoms with Crippen molar-refractivity contribution in [2.24, 2.45) is 5.41 Å². The van der Waals surface area contributed by atoms with Gasteiger partial charge in [-0.25, -0.2) is 4.98 Å². The molecule has 0 aliphatic carbocycles. The summed E-state index contributed by atoms with van der Waals surface area (Å²) in [6.07, 6.45) is 7.75. The summed E-state index contributed by atoms with van der Waals surface area (Å²) in [6, 6.07) is 17.4. The lowest BCUT2D eigenvalue weighted by Gasteiger charge is -2.21. The number of aryl methyl sites for hydroxylation is 4. The van der Waals surface area contributed by atoms with Crippen molar-refractivity contribution in [3.05, 3.63) is 83.2 Å². The number of nitrogens with one attached hydrogen (secondary N) is 2. The molecule has 4 aromatic rings. The number of hydrogen-bond acceptors (Lipinski definition) is 4. The van der Waals surface area contributed by atoms with E-state index in [-0.39, 0.29) is 0 Å². The number of nitrogens with zero attached hydrogens (tertiary/aromatic N) is 4. The van der Waals surface area contributed by atoms with Crippen LogP contribution < -0.4 is 0 Å². The fourth-order valence-electron chi connectivity index (χ4n) is 3.93. The molecular formula is C26H32N6. The molecule has 6 heteroatoms. The molecule has 32 heavy (non-hydrogen) atoms. The van der Waals surface area contributed by atoms with Gasteiger partial charge in [0.05, 0.1) is 0 Å². The second kappa shape index (κ2) is 9.90. The van der Waals surface area contributed by atoms with Crippen LogP contribution in [-0.2, 0) is 32.1 Å². The van der Waals surface area contributed by atoms with Crippen LogP contribution in [0, 0.1) is 5.41 Å². The highest BCUT2D eigenvalue weighted by Gasteiger charge is 2.17. The fraction of sp³-hybridized carbons (Fsp3) is 0.385. The summed E-state index contributed by atoms with van der Waals surface area (Å²) in [5.74, 6) is 1.82. The average Bonchev–Trinajstić information content (AvgIpc) is 3.49. The van der Waals surface area contributed by atoms with E-state index in [1.807, 2.05) is 6.20 Å². The minimum absolute atomic E-state index is 0.307. The van der Waals surface area contributed by atoms with Gasteiger partial charge in [0, 0.05) is 24.7 Å². The van der Waals surface area contributed by atoms with Crippen LogP contribution in [0.3, 0.4) is 0 Å². The number of aromatic nitrogens is 6. The Morgan fingerprint density at radius 1 is 0.906 bits per heavy atom. The number of rotatable bonds is 10. The molecule has 2 heterocycles. The van der Waals surface area contributed by atoms with E-state index in [1.165, 1.54) is 27.9 Å². The van der Waals surface area contributed by atoms with Gasteiger partial charge in [-0.05, 0) is 46.9 Å². The van der Waals surface area contributed by atoms with Gasteiger partial charge >= 0.3 is 0 Å². The van der Waals surface area contributed by atoms with E-state index >= 15 is 0 Å². The molecule has 0 amide bonds. The number of tetrazole rings is 1.